The predicted octanol–water partition coefficient (Wildman–Crippen LogP) is 1.47. The van der Waals surface area contributed by atoms with Gasteiger partial charge in [-0.1, -0.05) is 0 Å². The maximum atomic E-state index is 12.1. The normalized spacial score (nSPS) is 24.4. The summed E-state index contributed by atoms with van der Waals surface area (Å²) in [6.07, 6.45) is 3.69. The number of hydrogen-bond acceptors (Lipinski definition) is 3. The van der Waals surface area contributed by atoms with Gasteiger partial charge in [0, 0.05) is 17.8 Å². The van der Waals surface area contributed by atoms with Crippen LogP contribution < -0.4 is 5.32 Å². The number of hydrogen-bond donors (Lipinski definition) is 1. The first-order valence-electron chi connectivity index (χ1n) is 6.38. The number of nitrogens with one attached hydrogen (secondary N) is 1. The highest BCUT2D eigenvalue weighted by atomic mass is 32.1. The monoisotopic (exact) mass is 264 g/mol. The molecule has 2 amide bonds. The van der Waals surface area contributed by atoms with Crippen LogP contribution in [0.15, 0.2) is 11.4 Å². The zero-order valence-electron chi connectivity index (χ0n) is 10.1. The number of carbonyl (C=O) groups is 2. The Morgan fingerprint density at radius 2 is 2.22 bits per heavy atom. The SMILES string of the molecule is O=C1CCN(C2CCCc3sccc32)C(=O)CN1. The Kier molecular flexibility index (Phi) is 3.07. The standard InChI is InChI=1S/C13H16N2O2S/c16-12-4-6-15(13(17)8-14-12)10-2-1-3-11-9(10)5-7-18-11/h5,7,10H,1-4,6,8H2,(H,14,16). The zero-order valence-corrected chi connectivity index (χ0v) is 11.0. The minimum absolute atomic E-state index is 0.0211. The second-order valence-electron chi connectivity index (χ2n) is 4.82. The van der Waals surface area contributed by atoms with Crippen molar-refractivity contribution in [1.29, 1.82) is 0 Å². The lowest BCUT2D eigenvalue weighted by Gasteiger charge is -2.33. The Labute approximate surface area is 110 Å². The fraction of sp³-hybridized carbons (Fsp3) is 0.538. The molecule has 1 N–H and O–H groups in total. The summed E-state index contributed by atoms with van der Waals surface area (Å²) in [4.78, 5) is 26.8. The maximum absolute atomic E-state index is 12.1. The lowest BCUT2D eigenvalue weighted by Crippen LogP contribution is -2.39. The summed E-state index contributed by atoms with van der Waals surface area (Å²) >= 11 is 1.78. The molecular weight excluding hydrogens is 248 g/mol. The highest BCUT2D eigenvalue weighted by molar-refractivity contribution is 7.10. The van der Waals surface area contributed by atoms with E-state index >= 15 is 0 Å². The van der Waals surface area contributed by atoms with Crippen molar-refractivity contribution in [3.8, 4) is 0 Å². The van der Waals surface area contributed by atoms with Gasteiger partial charge in [0.05, 0.1) is 12.6 Å². The molecule has 0 radical (unpaired) electrons. The number of carbonyl (C=O) groups excluding carboxylic acids is 2. The molecule has 1 aromatic rings. The maximum Gasteiger partial charge on any atom is 0.242 e. The molecule has 1 atom stereocenters. The van der Waals surface area contributed by atoms with Crippen LogP contribution in [-0.4, -0.2) is 29.8 Å². The van der Waals surface area contributed by atoms with E-state index in [1.165, 1.54) is 10.4 Å². The Morgan fingerprint density at radius 1 is 1.33 bits per heavy atom. The van der Waals surface area contributed by atoms with Crippen LogP contribution in [0.4, 0.5) is 0 Å². The van der Waals surface area contributed by atoms with Gasteiger partial charge in [-0.25, -0.2) is 0 Å². The second kappa shape index (κ2) is 4.72. The summed E-state index contributed by atoms with van der Waals surface area (Å²) < 4.78 is 0. The third-order valence-electron chi connectivity index (χ3n) is 3.73. The van der Waals surface area contributed by atoms with Gasteiger partial charge >= 0.3 is 0 Å². The van der Waals surface area contributed by atoms with Gasteiger partial charge in [0.15, 0.2) is 0 Å². The predicted molar refractivity (Wildman–Crippen MR) is 69.3 cm³/mol. The van der Waals surface area contributed by atoms with Gasteiger partial charge in [-0.05, 0) is 36.3 Å². The first kappa shape index (κ1) is 11.7. The summed E-state index contributed by atoms with van der Waals surface area (Å²) in [5, 5.41) is 4.76. The zero-order chi connectivity index (χ0) is 12.5. The molecular formula is C13H16N2O2S. The van der Waals surface area contributed by atoms with Crippen molar-refractivity contribution in [1.82, 2.24) is 10.2 Å². The van der Waals surface area contributed by atoms with Crippen LogP contribution in [0.1, 0.15) is 35.7 Å². The molecule has 1 aliphatic carbocycles. The molecule has 0 aromatic carbocycles. The third kappa shape index (κ3) is 2.03. The van der Waals surface area contributed by atoms with Gasteiger partial charge in [-0.15, -0.1) is 11.3 Å². The summed E-state index contributed by atoms with van der Waals surface area (Å²) in [7, 11) is 0. The van der Waals surface area contributed by atoms with E-state index in [0.717, 1.165) is 19.3 Å². The molecule has 0 spiro atoms. The Hall–Kier alpha value is -1.36. The number of fused-ring (bicyclic) bond motifs is 1. The highest BCUT2D eigenvalue weighted by Gasteiger charge is 2.31. The van der Waals surface area contributed by atoms with Crippen molar-refractivity contribution in [3.63, 3.8) is 0 Å². The Balaban J connectivity index is 1.87. The van der Waals surface area contributed by atoms with E-state index in [1.807, 2.05) is 4.90 Å². The molecule has 1 saturated heterocycles. The molecule has 5 heteroatoms. The summed E-state index contributed by atoms with van der Waals surface area (Å²) in [6.45, 7) is 0.694. The van der Waals surface area contributed by atoms with Crippen LogP contribution in [0.5, 0.6) is 0 Å². The molecule has 96 valence electrons. The lowest BCUT2D eigenvalue weighted by atomic mass is 9.92. The fourth-order valence-corrected chi connectivity index (χ4v) is 3.81. The molecule has 0 bridgehead atoms. The topological polar surface area (TPSA) is 49.4 Å². The minimum atomic E-state index is -0.0211. The highest BCUT2D eigenvalue weighted by Crippen LogP contribution is 2.37. The van der Waals surface area contributed by atoms with Crippen LogP contribution in [0.3, 0.4) is 0 Å². The van der Waals surface area contributed by atoms with Crippen molar-refractivity contribution in [3.05, 3.63) is 21.9 Å². The van der Waals surface area contributed by atoms with Crippen molar-refractivity contribution < 1.29 is 9.59 Å². The Morgan fingerprint density at radius 3 is 3.11 bits per heavy atom. The van der Waals surface area contributed by atoms with Crippen molar-refractivity contribution in [2.45, 2.75) is 31.7 Å². The van der Waals surface area contributed by atoms with Gasteiger partial charge in [0.2, 0.25) is 11.8 Å². The quantitative estimate of drug-likeness (QED) is 0.835. The summed E-state index contributed by atoms with van der Waals surface area (Å²) in [5.74, 6) is 0.0251. The van der Waals surface area contributed by atoms with E-state index in [1.54, 1.807) is 11.3 Å². The minimum Gasteiger partial charge on any atom is -0.347 e. The summed E-state index contributed by atoms with van der Waals surface area (Å²) in [5.41, 5.74) is 1.30. The number of amides is 2. The van der Waals surface area contributed by atoms with E-state index in [2.05, 4.69) is 16.8 Å². The van der Waals surface area contributed by atoms with Gasteiger partial charge < -0.3 is 10.2 Å². The molecule has 0 saturated carbocycles. The first-order chi connectivity index (χ1) is 8.75. The molecule has 3 rings (SSSR count). The van der Waals surface area contributed by atoms with Gasteiger partial charge in [-0.3, -0.25) is 9.59 Å². The van der Waals surface area contributed by atoms with Gasteiger partial charge in [0.25, 0.3) is 0 Å². The van der Waals surface area contributed by atoms with Crippen LogP contribution in [-0.2, 0) is 16.0 Å². The number of thiophene rings is 1. The van der Waals surface area contributed by atoms with E-state index in [4.69, 9.17) is 0 Å². The lowest BCUT2D eigenvalue weighted by molar-refractivity contribution is -0.132. The largest absolute Gasteiger partial charge is 0.347 e. The van der Waals surface area contributed by atoms with Crippen molar-refractivity contribution >= 4 is 23.2 Å². The smallest absolute Gasteiger partial charge is 0.242 e. The molecule has 18 heavy (non-hydrogen) atoms. The van der Waals surface area contributed by atoms with E-state index in [-0.39, 0.29) is 24.4 Å². The number of nitrogens with zero attached hydrogens (tertiary/aromatic N) is 1. The van der Waals surface area contributed by atoms with Gasteiger partial charge in [-0.2, -0.15) is 0 Å². The van der Waals surface area contributed by atoms with Crippen LogP contribution in [0, 0.1) is 0 Å². The third-order valence-corrected chi connectivity index (χ3v) is 4.73. The molecule has 2 heterocycles. The van der Waals surface area contributed by atoms with Crippen molar-refractivity contribution in [2.24, 2.45) is 0 Å². The fourth-order valence-electron chi connectivity index (χ4n) is 2.83. The average Bonchev–Trinajstić information content (AvgIpc) is 2.79. The van der Waals surface area contributed by atoms with Crippen molar-refractivity contribution in [2.75, 3.05) is 13.1 Å². The number of rotatable bonds is 1. The average molecular weight is 264 g/mol. The van der Waals surface area contributed by atoms with E-state index in [9.17, 15) is 9.59 Å². The van der Waals surface area contributed by atoms with E-state index in [0.29, 0.717) is 13.0 Å². The number of aryl methyl sites for hydroxylation is 1. The van der Waals surface area contributed by atoms with Crippen LogP contribution in [0.25, 0.3) is 0 Å². The van der Waals surface area contributed by atoms with Crippen LogP contribution in [0.2, 0.25) is 0 Å². The second-order valence-corrected chi connectivity index (χ2v) is 5.82. The molecule has 1 fully saturated rings. The van der Waals surface area contributed by atoms with Gasteiger partial charge in [0.1, 0.15) is 0 Å². The Bertz CT molecular complexity index is 483. The summed E-state index contributed by atoms with van der Waals surface area (Å²) in [6, 6.07) is 2.32. The molecule has 1 aromatic heterocycles. The first-order valence-corrected chi connectivity index (χ1v) is 7.26. The van der Waals surface area contributed by atoms with E-state index < -0.39 is 0 Å². The molecule has 1 aliphatic heterocycles. The molecule has 4 nitrogen and oxygen atoms in total. The van der Waals surface area contributed by atoms with Crippen LogP contribution >= 0.6 is 11.3 Å². The molecule has 1 unspecified atom stereocenters. The molecule has 2 aliphatic rings.